The van der Waals surface area contributed by atoms with Crippen LogP contribution in [0.25, 0.3) is 0 Å². The van der Waals surface area contributed by atoms with Gasteiger partial charge in [0.1, 0.15) is 5.66 Å². The third kappa shape index (κ3) is 4.02. The SMILES string of the molecule is CCNC(C)(C=NC(=O)OC)N(C)C(=O)NC1CC2CCC1C2. The number of nitrogens with one attached hydrogen (secondary N) is 2. The molecule has 2 N–H and O–H groups in total. The van der Waals surface area contributed by atoms with E-state index in [1.165, 1.54) is 32.6 Å². The van der Waals surface area contributed by atoms with E-state index in [0.717, 1.165) is 12.3 Å². The number of ether oxygens (including phenoxy) is 1. The van der Waals surface area contributed by atoms with E-state index in [1.54, 1.807) is 11.9 Å². The largest absolute Gasteiger partial charge is 0.451 e. The molecule has 2 rings (SSSR count). The highest BCUT2D eigenvalue weighted by Gasteiger charge is 2.41. The molecule has 23 heavy (non-hydrogen) atoms. The molecule has 2 fully saturated rings. The molecule has 7 nitrogen and oxygen atoms in total. The summed E-state index contributed by atoms with van der Waals surface area (Å²) in [4.78, 5) is 29.1. The Morgan fingerprint density at radius 3 is 2.65 bits per heavy atom. The van der Waals surface area contributed by atoms with Crippen molar-refractivity contribution in [2.45, 2.75) is 51.2 Å². The molecule has 130 valence electrons. The second-order valence-corrected chi connectivity index (χ2v) is 6.70. The van der Waals surface area contributed by atoms with E-state index in [1.807, 2.05) is 13.8 Å². The number of nitrogens with zero attached hydrogens (tertiary/aromatic N) is 2. The zero-order chi connectivity index (χ0) is 17.0. The van der Waals surface area contributed by atoms with Crippen LogP contribution in [0.3, 0.4) is 0 Å². The minimum absolute atomic E-state index is 0.151. The molecule has 4 unspecified atom stereocenters. The van der Waals surface area contributed by atoms with Crippen LogP contribution in [0.1, 0.15) is 39.5 Å². The lowest BCUT2D eigenvalue weighted by Crippen LogP contribution is -2.62. The Kier molecular flexibility index (Phi) is 5.62. The van der Waals surface area contributed by atoms with Gasteiger partial charge in [0, 0.05) is 13.1 Å². The Morgan fingerprint density at radius 1 is 1.39 bits per heavy atom. The van der Waals surface area contributed by atoms with Crippen LogP contribution in [0.2, 0.25) is 0 Å². The monoisotopic (exact) mass is 324 g/mol. The number of fused-ring (bicyclic) bond motifs is 2. The van der Waals surface area contributed by atoms with E-state index >= 15 is 0 Å². The second-order valence-electron chi connectivity index (χ2n) is 6.70. The van der Waals surface area contributed by atoms with Gasteiger partial charge in [0.05, 0.1) is 13.3 Å². The van der Waals surface area contributed by atoms with E-state index in [-0.39, 0.29) is 12.1 Å². The molecule has 0 aliphatic heterocycles. The third-order valence-corrected chi connectivity index (χ3v) is 5.18. The molecule has 0 aromatic carbocycles. The first-order valence-corrected chi connectivity index (χ1v) is 8.32. The molecule has 0 radical (unpaired) electrons. The number of carbonyl (C=O) groups excluding carboxylic acids is 2. The number of hydrogen-bond donors (Lipinski definition) is 2. The van der Waals surface area contributed by atoms with Crippen molar-refractivity contribution in [1.82, 2.24) is 15.5 Å². The van der Waals surface area contributed by atoms with Crippen molar-refractivity contribution < 1.29 is 14.3 Å². The van der Waals surface area contributed by atoms with Crippen molar-refractivity contribution in [3.8, 4) is 0 Å². The van der Waals surface area contributed by atoms with Gasteiger partial charge in [-0.15, -0.1) is 0 Å². The maximum absolute atomic E-state index is 12.6. The van der Waals surface area contributed by atoms with Crippen LogP contribution < -0.4 is 10.6 Å². The lowest BCUT2D eigenvalue weighted by molar-refractivity contribution is 0.156. The normalized spacial score (nSPS) is 28.6. The fourth-order valence-electron chi connectivity index (χ4n) is 3.73. The molecular formula is C16H28N4O3. The summed E-state index contributed by atoms with van der Waals surface area (Å²) in [6.07, 6.45) is 5.57. The van der Waals surface area contributed by atoms with Crippen molar-refractivity contribution in [3.05, 3.63) is 0 Å². The van der Waals surface area contributed by atoms with E-state index in [4.69, 9.17) is 0 Å². The van der Waals surface area contributed by atoms with Crippen LogP contribution in [0.5, 0.6) is 0 Å². The molecule has 2 aliphatic carbocycles. The van der Waals surface area contributed by atoms with Gasteiger partial charge in [-0.3, -0.25) is 5.32 Å². The summed E-state index contributed by atoms with van der Waals surface area (Å²) in [7, 11) is 2.98. The summed E-state index contributed by atoms with van der Waals surface area (Å²) >= 11 is 0. The molecule has 0 aromatic rings. The van der Waals surface area contributed by atoms with Gasteiger partial charge in [0.15, 0.2) is 0 Å². The fraction of sp³-hybridized carbons (Fsp3) is 0.812. The minimum Gasteiger partial charge on any atom is -0.451 e. The van der Waals surface area contributed by atoms with Gasteiger partial charge in [-0.05, 0) is 44.6 Å². The Morgan fingerprint density at radius 2 is 2.13 bits per heavy atom. The van der Waals surface area contributed by atoms with Crippen LogP contribution in [0, 0.1) is 11.8 Å². The maximum atomic E-state index is 12.6. The molecule has 2 saturated carbocycles. The highest BCUT2D eigenvalue weighted by atomic mass is 16.5. The molecule has 0 spiro atoms. The lowest BCUT2D eigenvalue weighted by atomic mass is 9.95. The van der Waals surface area contributed by atoms with Gasteiger partial charge in [-0.1, -0.05) is 13.3 Å². The minimum atomic E-state index is -0.857. The summed E-state index contributed by atoms with van der Waals surface area (Å²) in [5, 5.41) is 6.33. The number of urea groups is 1. The summed E-state index contributed by atoms with van der Waals surface area (Å²) in [5.74, 6) is 1.39. The smallest absolute Gasteiger partial charge is 0.433 e. The summed E-state index contributed by atoms with van der Waals surface area (Å²) in [6, 6.07) is 0.120. The second kappa shape index (κ2) is 7.29. The first-order chi connectivity index (χ1) is 10.9. The van der Waals surface area contributed by atoms with Crippen LogP contribution in [0.4, 0.5) is 9.59 Å². The fourth-order valence-corrected chi connectivity index (χ4v) is 3.73. The molecule has 2 bridgehead atoms. The van der Waals surface area contributed by atoms with Crippen molar-refractivity contribution in [3.63, 3.8) is 0 Å². The van der Waals surface area contributed by atoms with Gasteiger partial charge < -0.3 is 15.0 Å². The lowest BCUT2D eigenvalue weighted by Gasteiger charge is -2.37. The Bertz CT molecular complexity index is 482. The van der Waals surface area contributed by atoms with Gasteiger partial charge in [-0.25, -0.2) is 9.59 Å². The average molecular weight is 324 g/mol. The van der Waals surface area contributed by atoms with Crippen molar-refractivity contribution >= 4 is 18.3 Å². The number of methoxy groups -OCH3 is 1. The maximum Gasteiger partial charge on any atom is 0.433 e. The average Bonchev–Trinajstić information content (AvgIpc) is 3.14. The predicted octanol–water partition coefficient (Wildman–Crippen LogP) is 1.98. The highest BCUT2D eigenvalue weighted by Crippen LogP contribution is 2.44. The molecule has 0 heterocycles. The number of carbonyl (C=O) groups is 2. The quantitative estimate of drug-likeness (QED) is 0.598. The Labute approximate surface area is 137 Å². The third-order valence-electron chi connectivity index (χ3n) is 5.18. The van der Waals surface area contributed by atoms with Crippen LogP contribution in [0.15, 0.2) is 4.99 Å². The molecule has 2 aliphatic rings. The first-order valence-electron chi connectivity index (χ1n) is 8.32. The number of amides is 3. The number of rotatable bonds is 5. The van der Waals surface area contributed by atoms with Crippen LogP contribution >= 0.6 is 0 Å². The summed E-state index contributed by atoms with van der Waals surface area (Å²) < 4.78 is 4.52. The number of hydrogen-bond acceptors (Lipinski definition) is 4. The van der Waals surface area contributed by atoms with Gasteiger partial charge >= 0.3 is 12.1 Å². The Balaban J connectivity index is 2.01. The zero-order valence-electron chi connectivity index (χ0n) is 14.5. The zero-order valence-corrected chi connectivity index (χ0v) is 14.5. The molecular weight excluding hydrogens is 296 g/mol. The Hall–Kier alpha value is -1.63. The van der Waals surface area contributed by atoms with E-state index in [0.29, 0.717) is 12.5 Å². The molecule has 0 saturated heterocycles. The van der Waals surface area contributed by atoms with E-state index in [2.05, 4.69) is 20.4 Å². The van der Waals surface area contributed by atoms with Gasteiger partial charge in [0.25, 0.3) is 0 Å². The molecule has 7 heteroatoms. The molecule has 4 atom stereocenters. The van der Waals surface area contributed by atoms with Crippen LogP contribution in [-0.4, -0.2) is 55.6 Å². The van der Waals surface area contributed by atoms with Crippen LogP contribution in [-0.2, 0) is 4.74 Å². The van der Waals surface area contributed by atoms with Gasteiger partial charge in [0.2, 0.25) is 0 Å². The first kappa shape index (κ1) is 17.7. The molecule has 0 aromatic heterocycles. The predicted molar refractivity (Wildman–Crippen MR) is 88.5 cm³/mol. The topological polar surface area (TPSA) is 83.0 Å². The van der Waals surface area contributed by atoms with Crippen molar-refractivity contribution in [1.29, 1.82) is 0 Å². The van der Waals surface area contributed by atoms with Crippen molar-refractivity contribution in [2.75, 3.05) is 20.7 Å². The van der Waals surface area contributed by atoms with Gasteiger partial charge in [-0.2, -0.15) is 4.99 Å². The summed E-state index contributed by atoms with van der Waals surface area (Å²) in [5.41, 5.74) is -0.857. The summed E-state index contributed by atoms with van der Waals surface area (Å²) in [6.45, 7) is 4.38. The molecule has 3 amide bonds. The number of aliphatic imine (C=N–C) groups is 1. The highest BCUT2D eigenvalue weighted by molar-refractivity contribution is 5.87. The van der Waals surface area contributed by atoms with E-state index in [9.17, 15) is 9.59 Å². The van der Waals surface area contributed by atoms with Crippen molar-refractivity contribution in [2.24, 2.45) is 16.8 Å². The standard InChI is InChI=1S/C16H28N4O3/c1-5-18-16(2,10-17-15(22)23-4)20(3)14(21)19-13-9-11-6-7-12(13)8-11/h10-13,18H,5-9H2,1-4H3,(H,19,21). The van der Waals surface area contributed by atoms with E-state index < -0.39 is 11.8 Å².